The molecular weight excluding hydrogens is 330 g/mol. The molecule has 2 saturated heterocycles. The second-order valence-corrected chi connectivity index (χ2v) is 7.85. The Morgan fingerprint density at radius 2 is 1.92 bits per heavy atom. The molecule has 2 amide bonds. The number of ether oxygens (including phenoxy) is 1. The summed E-state index contributed by atoms with van der Waals surface area (Å²) in [4.78, 5) is 26.2. The number of carbonyl (C=O) groups excluding carboxylic acids is 2. The zero-order valence-electron chi connectivity index (χ0n) is 15.2. The van der Waals surface area contributed by atoms with E-state index in [1.54, 1.807) is 6.07 Å². The molecule has 6 heteroatoms. The first-order valence-electron chi connectivity index (χ1n) is 9.64. The smallest absolute Gasteiger partial charge is 0.260 e. The summed E-state index contributed by atoms with van der Waals surface area (Å²) in [5.41, 5.74) is 0.718. The molecule has 6 nitrogen and oxygen atoms in total. The molecule has 0 radical (unpaired) electrons. The number of likely N-dealkylation sites (N-methyl/N-ethyl adjacent to an activating group) is 1. The molecule has 0 spiro atoms. The highest BCUT2D eigenvalue weighted by Crippen LogP contribution is 2.31. The van der Waals surface area contributed by atoms with Gasteiger partial charge in [0.1, 0.15) is 5.75 Å². The van der Waals surface area contributed by atoms with E-state index in [4.69, 9.17) is 4.74 Å². The van der Waals surface area contributed by atoms with Crippen molar-refractivity contribution in [1.29, 1.82) is 0 Å². The van der Waals surface area contributed by atoms with Gasteiger partial charge in [-0.3, -0.25) is 9.59 Å². The van der Waals surface area contributed by atoms with Gasteiger partial charge in [0.05, 0.1) is 0 Å². The van der Waals surface area contributed by atoms with Gasteiger partial charge in [-0.1, -0.05) is 6.07 Å². The maximum atomic E-state index is 12.5. The minimum Gasteiger partial charge on any atom is -0.484 e. The highest BCUT2D eigenvalue weighted by atomic mass is 16.5. The normalized spacial score (nSPS) is 27.0. The van der Waals surface area contributed by atoms with E-state index in [0.29, 0.717) is 23.9 Å². The fourth-order valence-corrected chi connectivity index (χ4v) is 4.05. The van der Waals surface area contributed by atoms with E-state index < -0.39 is 0 Å². The Bertz CT molecular complexity index is 677. The van der Waals surface area contributed by atoms with Gasteiger partial charge in [0.2, 0.25) is 5.91 Å². The van der Waals surface area contributed by atoms with Gasteiger partial charge >= 0.3 is 0 Å². The number of anilines is 1. The van der Waals surface area contributed by atoms with Crippen LogP contribution in [0, 0.1) is 5.92 Å². The summed E-state index contributed by atoms with van der Waals surface area (Å²) in [6.07, 6.45) is 6.45. The third-order valence-electron chi connectivity index (χ3n) is 5.80. The number of carbonyl (C=O) groups is 2. The average Bonchev–Trinajstić information content (AvgIpc) is 3.44. The van der Waals surface area contributed by atoms with Crippen molar-refractivity contribution in [3.63, 3.8) is 0 Å². The van der Waals surface area contributed by atoms with Gasteiger partial charge in [-0.15, -0.1) is 0 Å². The molecule has 3 aliphatic rings. The van der Waals surface area contributed by atoms with Crippen LogP contribution in [-0.4, -0.2) is 48.5 Å². The van der Waals surface area contributed by atoms with Gasteiger partial charge in [-0.25, -0.2) is 0 Å². The zero-order valence-corrected chi connectivity index (χ0v) is 15.2. The monoisotopic (exact) mass is 357 g/mol. The topological polar surface area (TPSA) is 70.7 Å². The quantitative estimate of drug-likeness (QED) is 0.818. The number of amides is 2. The molecule has 2 heterocycles. The summed E-state index contributed by atoms with van der Waals surface area (Å²) in [5, 5.41) is 6.50. The summed E-state index contributed by atoms with van der Waals surface area (Å²) in [7, 11) is 1.88. The van der Waals surface area contributed by atoms with E-state index in [0.717, 1.165) is 31.4 Å². The van der Waals surface area contributed by atoms with Crippen LogP contribution in [0.2, 0.25) is 0 Å². The second-order valence-electron chi connectivity index (χ2n) is 7.85. The van der Waals surface area contributed by atoms with Crippen LogP contribution in [-0.2, 0) is 9.59 Å². The van der Waals surface area contributed by atoms with Crippen molar-refractivity contribution < 1.29 is 14.3 Å². The van der Waals surface area contributed by atoms with Gasteiger partial charge in [0.15, 0.2) is 6.61 Å². The lowest BCUT2D eigenvalue weighted by Crippen LogP contribution is -2.49. The SMILES string of the molecule is CN(C(=O)COc1cccc(NC(=O)C2CC2)c1)C1CC2CCC(C1)N2. The minimum absolute atomic E-state index is 0.00344. The van der Waals surface area contributed by atoms with E-state index in [-0.39, 0.29) is 24.3 Å². The van der Waals surface area contributed by atoms with E-state index in [2.05, 4.69) is 10.6 Å². The van der Waals surface area contributed by atoms with Crippen molar-refractivity contribution >= 4 is 17.5 Å². The fourth-order valence-electron chi connectivity index (χ4n) is 4.05. The molecule has 2 N–H and O–H groups in total. The zero-order chi connectivity index (χ0) is 18.1. The predicted molar refractivity (Wildman–Crippen MR) is 99.0 cm³/mol. The number of benzene rings is 1. The molecule has 1 aliphatic carbocycles. The van der Waals surface area contributed by atoms with Crippen LogP contribution < -0.4 is 15.4 Å². The van der Waals surface area contributed by atoms with Crippen LogP contribution in [0.1, 0.15) is 38.5 Å². The lowest BCUT2D eigenvalue weighted by molar-refractivity contribution is -0.134. The Balaban J connectivity index is 1.29. The van der Waals surface area contributed by atoms with Gasteiger partial charge in [-0.05, 0) is 50.7 Å². The summed E-state index contributed by atoms with van der Waals surface area (Å²) < 4.78 is 5.69. The fraction of sp³-hybridized carbons (Fsp3) is 0.600. The van der Waals surface area contributed by atoms with E-state index >= 15 is 0 Å². The number of hydrogen-bond acceptors (Lipinski definition) is 4. The van der Waals surface area contributed by atoms with Crippen molar-refractivity contribution in [1.82, 2.24) is 10.2 Å². The minimum atomic E-state index is 0.00344. The lowest BCUT2D eigenvalue weighted by atomic mass is 9.98. The van der Waals surface area contributed by atoms with Crippen LogP contribution in [0.3, 0.4) is 0 Å². The first-order valence-corrected chi connectivity index (χ1v) is 9.64. The molecule has 2 aliphatic heterocycles. The maximum Gasteiger partial charge on any atom is 0.260 e. The van der Waals surface area contributed by atoms with Gasteiger partial charge in [0, 0.05) is 42.8 Å². The number of rotatable bonds is 6. The van der Waals surface area contributed by atoms with Crippen molar-refractivity contribution in [2.75, 3.05) is 19.0 Å². The molecule has 2 bridgehead atoms. The van der Waals surface area contributed by atoms with Crippen LogP contribution in [0.4, 0.5) is 5.69 Å². The summed E-state index contributed by atoms with van der Waals surface area (Å²) in [6.45, 7) is 0.0236. The Morgan fingerprint density at radius 1 is 1.19 bits per heavy atom. The highest BCUT2D eigenvalue weighted by molar-refractivity contribution is 5.94. The summed E-state index contributed by atoms with van der Waals surface area (Å²) in [5.74, 6) is 0.836. The molecule has 3 fully saturated rings. The van der Waals surface area contributed by atoms with E-state index in [1.165, 1.54) is 12.8 Å². The molecule has 1 aromatic carbocycles. The Hall–Kier alpha value is -2.08. The number of nitrogens with one attached hydrogen (secondary N) is 2. The molecule has 140 valence electrons. The predicted octanol–water partition coefficient (Wildman–Crippen LogP) is 2.16. The van der Waals surface area contributed by atoms with Crippen LogP contribution in [0.25, 0.3) is 0 Å². The molecule has 2 atom stereocenters. The van der Waals surface area contributed by atoms with Gasteiger partial charge in [0.25, 0.3) is 5.91 Å². The van der Waals surface area contributed by atoms with Gasteiger partial charge < -0.3 is 20.3 Å². The number of nitrogens with zero attached hydrogens (tertiary/aromatic N) is 1. The Labute approximate surface area is 154 Å². The molecular formula is C20H27N3O3. The molecule has 0 aromatic heterocycles. The average molecular weight is 357 g/mol. The second kappa shape index (κ2) is 7.27. The Kier molecular flexibility index (Phi) is 4.85. The molecule has 2 unspecified atom stereocenters. The molecule has 1 aromatic rings. The number of hydrogen-bond donors (Lipinski definition) is 2. The van der Waals surface area contributed by atoms with Gasteiger partial charge in [-0.2, -0.15) is 0 Å². The van der Waals surface area contributed by atoms with Crippen LogP contribution >= 0.6 is 0 Å². The summed E-state index contributed by atoms with van der Waals surface area (Å²) >= 11 is 0. The molecule has 4 rings (SSSR count). The largest absolute Gasteiger partial charge is 0.484 e. The first-order chi connectivity index (χ1) is 12.6. The van der Waals surface area contributed by atoms with Crippen molar-refractivity contribution in [2.45, 2.75) is 56.7 Å². The lowest BCUT2D eigenvalue weighted by Gasteiger charge is -2.35. The van der Waals surface area contributed by atoms with E-state index in [9.17, 15) is 9.59 Å². The van der Waals surface area contributed by atoms with Crippen molar-refractivity contribution in [2.24, 2.45) is 5.92 Å². The molecule has 26 heavy (non-hydrogen) atoms. The third-order valence-corrected chi connectivity index (χ3v) is 5.80. The van der Waals surface area contributed by atoms with Crippen LogP contribution in [0.5, 0.6) is 5.75 Å². The van der Waals surface area contributed by atoms with Crippen molar-refractivity contribution in [3.05, 3.63) is 24.3 Å². The van der Waals surface area contributed by atoms with Crippen LogP contribution in [0.15, 0.2) is 24.3 Å². The third kappa shape index (κ3) is 4.01. The summed E-state index contributed by atoms with van der Waals surface area (Å²) in [6, 6.07) is 8.67. The first kappa shape index (κ1) is 17.3. The highest BCUT2D eigenvalue weighted by Gasteiger charge is 2.36. The maximum absolute atomic E-state index is 12.5. The standard InChI is InChI=1S/C20H27N3O3/c1-23(17-9-15-7-8-16(10-17)21-15)19(24)12-26-18-4-2-3-14(11-18)22-20(25)13-5-6-13/h2-4,11,13,15-17,21H,5-10,12H2,1H3,(H,22,25). The Morgan fingerprint density at radius 3 is 2.62 bits per heavy atom. The van der Waals surface area contributed by atoms with Crippen molar-refractivity contribution in [3.8, 4) is 5.75 Å². The molecule has 1 saturated carbocycles. The number of fused-ring (bicyclic) bond motifs is 2. The van der Waals surface area contributed by atoms with E-state index in [1.807, 2.05) is 30.1 Å². The number of piperidine rings is 1.